The summed E-state index contributed by atoms with van der Waals surface area (Å²) in [6.45, 7) is 3.56. The Morgan fingerprint density at radius 2 is 1.81 bits per heavy atom. The zero-order valence-electron chi connectivity index (χ0n) is 14.9. The summed E-state index contributed by atoms with van der Waals surface area (Å²) in [4.78, 5) is 32.0. The Labute approximate surface area is 156 Å². The van der Waals surface area contributed by atoms with Crippen molar-refractivity contribution < 1.29 is 4.79 Å². The van der Waals surface area contributed by atoms with Gasteiger partial charge in [0.05, 0.1) is 16.2 Å². The van der Waals surface area contributed by atoms with Gasteiger partial charge in [0, 0.05) is 20.1 Å². The van der Waals surface area contributed by atoms with Crippen LogP contribution in [0.25, 0.3) is 21.7 Å². The molecule has 2 heterocycles. The van der Waals surface area contributed by atoms with Crippen molar-refractivity contribution in [2.45, 2.75) is 30.2 Å². The molecule has 0 N–H and O–H groups in total. The van der Waals surface area contributed by atoms with Crippen LogP contribution in [-0.4, -0.2) is 38.7 Å². The van der Waals surface area contributed by atoms with Gasteiger partial charge in [-0.1, -0.05) is 36.0 Å². The molecule has 3 aromatic rings. The van der Waals surface area contributed by atoms with Crippen LogP contribution in [0, 0.1) is 0 Å². The van der Waals surface area contributed by atoms with Crippen LogP contribution in [0.5, 0.6) is 0 Å². The maximum atomic E-state index is 12.8. The minimum atomic E-state index is -0.260. The van der Waals surface area contributed by atoms with E-state index in [0.717, 1.165) is 36.7 Å². The van der Waals surface area contributed by atoms with E-state index >= 15 is 0 Å². The number of thioether (sulfide) groups is 1. The second-order valence-corrected chi connectivity index (χ2v) is 8.08. The topological polar surface area (TPSA) is 55.2 Å². The van der Waals surface area contributed by atoms with E-state index in [0.29, 0.717) is 16.1 Å². The zero-order valence-corrected chi connectivity index (χ0v) is 15.8. The van der Waals surface area contributed by atoms with Gasteiger partial charge in [0.1, 0.15) is 0 Å². The monoisotopic (exact) mass is 367 g/mol. The number of rotatable bonds is 3. The SMILES string of the molecule is C[C@H](Sc1nc2cc3ccccc3cc2c(=O)n1C)C(=O)N1CCCC1. The van der Waals surface area contributed by atoms with Gasteiger partial charge in [-0.3, -0.25) is 14.2 Å². The number of nitrogens with zero attached hydrogens (tertiary/aromatic N) is 3. The van der Waals surface area contributed by atoms with Crippen molar-refractivity contribution in [1.82, 2.24) is 14.5 Å². The average molecular weight is 367 g/mol. The summed E-state index contributed by atoms with van der Waals surface area (Å²) in [5.41, 5.74) is 0.596. The number of hydrogen-bond acceptors (Lipinski definition) is 4. The van der Waals surface area contributed by atoms with Crippen molar-refractivity contribution in [2.75, 3.05) is 13.1 Å². The number of carbonyl (C=O) groups excluding carboxylic acids is 1. The number of benzene rings is 2. The molecule has 0 spiro atoms. The van der Waals surface area contributed by atoms with Gasteiger partial charge < -0.3 is 4.90 Å². The maximum absolute atomic E-state index is 12.8. The number of aromatic nitrogens is 2. The van der Waals surface area contributed by atoms with E-state index < -0.39 is 0 Å². The Morgan fingerprint density at radius 1 is 1.15 bits per heavy atom. The predicted molar refractivity (Wildman–Crippen MR) is 106 cm³/mol. The highest BCUT2D eigenvalue weighted by Crippen LogP contribution is 2.26. The van der Waals surface area contributed by atoms with Gasteiger partial charge in [-0.2, -0.15) is 0 Å². The van der Waals surface area contributed by atoms with Gasteiger partial charge in [0.25, 0.3) is 5.56 Å². The lowest BCUT2D eigenvalue weighted by Crippen LogP contribution is -2.34. The molecule has 1 fully saturated rings. The van der Waals surface area contributed by atoms with Gasteiger partial charge in [-0.25, -0.2) is 4.98 Å². The van der Waals surface area contributed by atoms with Gasteiger partial charge >= 0.3 is 0 Å². The number of likely N-dealkylation sites (tertiary alicyclic amines) is 1. The van der Waals surface area contributed by atoms with Gasteiger partial charge in [0.15, 0.2) is 5.16 Å². The third-order valence-electron chi connectivity index (χ3n) is 4.95. The molecular weight excluding hydrogens is 346 g/mol. The molecule has 1 saturated heterocycles. The largest absolute Gasteiger partial charge is 0.342 e. The van der Waals surface area contributed by atoms with E-state index in [4.69, 9.17) is 0 Å². The number of hydrogen-bond donors (Lipinski definition) is 0. The summed E-state index contributed by atoms with van der Waals surface area (Å²) in [6.07, 6.45) is 2.14. The lowest BCUT2D eigenvalue weighted by atomic mass is 10.1. The van der Waals surface area contributed by atoms with Crippen molar-refractivity contribution in [2.24, 2.45) is 7.05 Å². The number of carbonyl (C=O) groups is 1. The molecule has 1 amide bonds. The molecule has 134 valence electrons. The highest BCUT2D eigenvalue weighted by atomic mass is 32.2. The molecule has 2 aromatic carbocycles. The summed E-state index contributed by atoms with van der Waals surface area (Å²) in [5.74, 6) is 0.125. The van der Waals surface area contributed by atoms with E-state index in [-0.39, 0.29) is 16.7 Å². The quantitative estimate of drug-likeness (QED) is 0.405. The molecule has 0 radical (unpaired) electrons. The van der Waals surface area contributed by atoms with Gasteiger partial charge in [-0.05, 0) is 42.7 Å². The first-order chi connectivity index (χ1) is 12.5. The lowest BCUT2D eigenvalue weighted by molar-refractivity contribution is -0.129. The van der Waals surface area contributed by atoms with Crippen molar-refractivity contribution in [3.05, 3.63) is 46.8 Å². The highest BCUT2D eigenvalue weighted by Gasteiger charge is 2.25. The van der Waals surface area contributed by atoms with Crippen molar-refractivity contribution in [1.29, 1.82) is 0 Å². The standard InChI is InChI=1S/C20H21N3O2S/c1-13(18(24)23-9-5-6-10-23)26-20-21-17-12-15-8-4-3-7-14(15)11-16(17)19(25)22(20)2/h3-4,7-8,11-13H,5-6,9-10H2,1-2H3/t13-/m0/s1. The Bertz CT molecular complexity index is 1050. The maximum Gasteiger partial charge on any atom is 0.261 e. The molecule has 6 heteroatoms. The van der Waals surface area contributed by atoms with Crippen molar-refractivity contribution in [3.63, 3.8) is 0 Å². The molecule has 26 heavy (non-hydrogen) atoms. The van der Waals surface area contributed by atoms with Crippen LogP contribution in [0.3, 0.4) is 0 Å². The first-order valence-corrected chi connectivity index (χ1v) is 9.77. The molecule has 1 aliphatic rings. The van der Waals surface area contributed by atoms with Gasteiger partial charge in [0.2, 0.25) is 5.91 Å². The molecule has 1 aromatic heterocycles. The number of fused-ring (bicyclic) bond motifs is 2. The van der Waals surface area contributed by atoms with Crippen LogP contribution in [-0.2, 0) is 11.8 Å². The fourth-order valence-corrected chi connectivity index (χ4v) is 4.40. The zero-order chi connectivity index (χ0) is 18.3. The van der Waals surface area contributed by atoms with Crippen LogP contribution in [0.15, 0.2) is 46.3 Å². The van der Waals surface area contributed by atoms with E-state index in [1.54, 1.807) is 11.6 Å². The Hall–Kier alpha value is -2.34. The highest BCUT2D eigenvalue weighted by molar-refractivity contribution is 8.00. The summed E-state index contributed by atoms with van der Waals surface area (Å²) in [5, 5.41) is 3.01. The molecule has 5 nitrogen and oxygen atoms in total. The van der Waals surface area contributed by atoms with Crippen molar-refractivity contribution in [3.8, 4) is 0 Å². The van der Waals surface area contributed by atoms with Crippen LogP contribution in [0.4, 0.5) is 0 Å². The summed E-state index contributed by atoms with van der Waals surface area (Å²) < 4.78 is 1.55. The third kappa shape index (κ3) is 2.98. The Balaban J connectivity index is 1.72. The third-order valence-corrected chi connectivity index (χ3v) is 6.08. The summed E-state index contributed by atoms with van der Waals surface area (Å²) >= 11 is 1.36. The molecule has 0 saturated carbocycles. The summed E-state index contributed by atoms with van der Waals surface area (Å²) in [6, 6.07) is 11.8. The van der Waals surface area contributed by atoms with E-state index in [2.05, 4.69) is 4.98 Å². The lowest BCUT2D eigenvalue weighted by Gasteiger charge is -2.20. The van der Waals surface area contributed by atoms with Crippen LogP contribution >= 0.6 is 11.8 Å². The van der Waals surface area contributed by atoms with Gasteiger partial charge in [-0.15, -0.1) is 0 Å². The van der Waals surface area contributed by atoms with E-state index in [1.165, 1.54) is 11.8 Å². The van der Waals surface area contributed by atoms with Crippen LogP contribution in [0.2, 0.25) is 0 Å². The Kier molecular flexibility index (Phi) is 4.44. The number of amides is 1. The minimum absolute atomic E-state index is 0.0796. The Morgan fingerprint density at radius 3 is 2.50 bits per heavy atom. The second-order valence-electron chi connectivity index (χ2n) is 6.77. The molecule has 0 unspecified atom stereocenters. The molecule has 1 atom stereocenters. The summed E-state index contributed by atoms with van der Waals surface area (Å²) in [7, 11) is 1.72. The van der Waals surface area contributed by atoms with Crippen LogP contribution in [0.1, 0.15) is 19.8 Å². The smallest absolute Gasteiger partial charge is 0.261 e. The minimum Gasteiger partial charge on any atom is -0.342 e. The first kappa shape index (κ1) is 17.1. The normalized spacial score (nSPS) is 15.7. The predicted octanol–water partition coefficient (Wildman–Crippen LogP) is 3.19. The molecule has 0 bridgehead atoms. The molecule has 0 aliphatic carbocycles. The van der Waals surface area contributed by atoms with E-state index in [9.17, 15) is 9.59 Å². The molecular formula is C20H21N3O2S. The van der Waals surface area contributed by atoms with Crippen molar-refractivity contribution >= 4 is 39.3 Å². The molecule has 1 aliphatic heterocycles. The second kappa shape index (κ2) is 6.76. The van der Waals surface area contributed by atoms with E-state index in [1.807, 2.05) is 48.2 Å². The van der Waals surface area contributed by atoms with Crippen LogP contribution < -0.4 is 5.56 Å². The first-order valence-electron chi connectivity index (χ1n) is 8.89. The molecule has 4 rings (SSSR count). The average Bonchev–Trinajstić information content (AvgIpc) is 3.18. The fraction of sp³-hybridized carbons (Fsp3) is 0.350. The fourth-order valence-electron chi connectivity index (χ4n) is 3.45.